The fourth-order valence-electron chi connectivity index (χ4n) is 1.55. The third-order valence-corrected chi connectivity index (χ3v) is 2.96. The SMILES string of the molecule is Cn1nc(C(=O)O)cc1-c1cc(F)c(F)c(Br)c1. The van der Waals surface area contributed by atoms with Crippen LogP contribution in [0.2, 0.25) is 0 Å². The van der Waals surface area contributed by atoms with E-state index in [2.05, 4.69) is 21.0 Å². The molecule has 0 atom stereocenters. The molecular formula is C11H7BrF2N2O2. The Bertz CT molecular complexity index is 617. The summed E-state index contributed by atoms with van der Waals surface area (Å²) in [5.74, 6) is -3.18. The van der Waals surface area contributed by atoms with Gasteiger partial charge in [-0.25, -0.2) is 13.6 Å². The molecule has 0 amide bonds. The molecule has 0 unspecified atom stereocenters. The summed E-state index contributed by atoms with van der Waals surface area (Å²) in [6.07, 6.45) is 0. The second-order valence-corrected chi connectivity index (χ2v) is 4.45. The van der Waals surface area contributed by atoms with Gasteiger partial charge in [0.2, 0.25) is 0 Å². The van der Waals surface area contributed by atoms with Gasteiger partial charge in [-0.1, -0.05) is 0 Å². The number of carboxylic acids is 1. The normalized spacial score (nSPS) is 10.7. The van der Waals surface area contributed by atoms with Gasteiger partial charge in [-0.2, -0.15) is 5.10 Å². The van der Waals surface area contributed by atoms with E-state index >= 15 is 0 Å². The number of hydrogen-bond donors (Lipinski definition) is 1. The highest BCUT2D eigenvalue weighted by Crippen LogP contribution is 2.27. The number of carboxylic acid groups (broad SMARTS) is 1. The van der Waals surface area contributed by atoms with Crippen LogP contribution in [0.5, 0.6) is 0 Å². The third kappa shape index (κ3) is 2.13. The van der Waals surface area contributed by atoms with Gasteiger partial charge in [0.1, 0.15) is 0 Å². The van der Waals surface area contributed by atoms with Crippen LogP contribution in [0.25, 0.3) is 11.3 Å². The maximum atomic E-state index is 13.3. The second kappa shape index (κ2) is 4.49. The molecule has 0 radical (unpaired) electrons. The molecule has 2 aromatic rings. The van der Waals surface area contributed by atoms with Crippen LogP contribution in [-0.4, -0.2) is 20.9 Å². The van der Waals surface area contributed by atoms with Gasteiger partial charge in [-0.3, -0.25) is 4.68 Å². The molecule has 0 saturated heterocycles. The highest BCUT2D eigenvalue weighted by molar-refractivity contribution is 9.10. The highest BCUT2D eigenvalue weighted by atomic mass is 79.9. The molecule has 0 saturated carbocycles. The van der Waals surface area contributed by atoms with Crippen molar-refractivity contribution >= 4 is 21.9 Å². The quantitative estimate of drug-likeness (QED) is 0.867. The Labute approximate surface area is 109 Å². The number of carbonyl (C=O) groups is 1. The van der Waals surface area contributed by atoms with Crippen molar-refractivity contribution in [3.63, 3.8) is 0 Å². The first kappa shape index (κ1) is 12.7. The van der Waals surface area contributed by atoms with Crippen molar-refractivity contribution in [1.82, 2.24) is 9.78 Å². The van der Waals surface area contributed by atoms with Gasteiger partial charge in [0.25, 0.3) is 0 Å². The van der Waals surface area contributed by atoms with Crippen LogP contribution in [0, 0.1) is 11.6 Å². The molecular weight excluding hydrogens is 310 g/mol. The van der Waals surface area contributed by atoms with Crippen molar-refractivity contribution in [2.75, 3.05) is 0 Å². The zero-order chi connectivity index (χ0) is 13.4. The van der Waals surface area contributed by atoms with Crippen LogP contribution in [0.1, 0.15) is 10.5 Å². The Hall–Kier alpha value is -1.76. The minimum atomic E-state index is -1.18. The van der Waals surface area contributed by atoms with Gasteiger partial charge in [-0.15, -0.1) is 0 Å². The van der Waals surface area contributed by atoms with E-state index in [1.165, 1.54) is 23.9 Å². The van der Waals surface area contributed by atoms with E-state index in [-0.39, 0.29) is 10.2 Å². The van der Waals surface area contributed by atoms with Gasteiger partial charge < -0.3 is 5.11 Å². The molecule has 0 aliphatic carbocycles. The lowest BCUT2D eigenvalue weighted by atomic mass is 10.1. The molecule has 7 heteroatoms. The van der Waals surface area contributed by atoms with Crippen molar-refractivity contribution in [2.45, 2.75) is 0 Å². The zero-order valence-electron chi connectivity index (χ0n) is 9.12. The maximum Gasteiger partial charge on any atom is 0.356 e. The number of nitrogens with zero attached hydrogens (tertiary/aromatic N) is 2. The lowest BCUT2D eigenvalue weighted by molar-refractivity contribution is 0.0689. The van der Waals surface area contributed by atoms with Crippen molar-refractivity contribution in [1.29, 1.82) is 0 Å². The molecule has 4 nitrogen and oxygen atoms in total. The van der Waals surface area contributed by atoms with E-state index in [9.17, 15) is 13.6 Å². The summed E-state index contributed by atoms with van der Waals surface area (Å²) in [6.45, 7) is 0. The Kier molecular flexibility index (Phi) is 3.16. The summed E-state index contributed by atoms with van der Waals surface area (Å²) in [4.78, 5) is 10.8. The first-order valence-electron chi connectivity index (χ1n) is 4.82. The monoisotopic (exact) mass is 316 g/mol. The fraction of sp³-hybridized carbons (Fsp3) is 0.0909. The number of hydrogen-bond acceptors (Lipinski definition) is 2. The van der Waals surface area contributed by atoms with Crippen LogP contribution >= 0.6 is 15.9 Å². The number of aromatic carboxylic acids is 1. The number of aromatic nitrogens is 2. The van der Waals surface area contributed by atoms with Crippen LogP contribution in [0.15, 0.2) is 22.7 Å². The summed E-state index contributed by atoms with van der Waals surface area (Å²) in [5.41, 5.74) is 0.559. The zero-order valence-corrected chi connectivity index (χ0v) is 10.7. The van der Waals surface area contributed by atoms with E-state index in [1.807, 2.05) is 0 Å². The summed E-state index contributed by atoms with van der Waals surface area (Å²) in [7, 11) is 1.52. The average molecular weight is 317 g/mol. The Balaban J connectivity index is 2.58. The largest absolute Gasteiger partial charge is 0.476 e. The standard InChI is InChI=1S/C11H7BrF2N2O2/c1-16-9(4-8(15-16)11(17)18)5-2-6(12)10(14)7(13)3-5/h2-4H,1H3,(H,17,18). The predicted octanol–water partition coefficient (Wildman–Crippen LogP) is 2.83. The summed E-state index contributed by atoms with van der Waals surface area (Å²) in [5, 5.41) is 12.6. The van der Waals surface area contributed by atoms with Crippen molar-refractivity contribution in [3.05, 3.63) is 40.0 Å². The predicted molar refractivity (Wildman–Crippen MR) is 63.2 cm³/mol. The lowest BCUT2D eigenvalue weighted by Gasteiger charge is -2.04. The minimum absolute atomic E-state index is 0.0319. The van der Waals surface area contributed by atoms with E-state index < -0.39 is 17.6 Å². The molecule has 1 aromatic heterocycles. The summed E-state index contributed by atoms with van der Waals surface area (Å²) in [6, 6.07) is 3.64. The number of benzene rings is 1. The smallest absolute Gasteiger partial charge is 0.356 e. The lowest BCUT2D eigenvalue weighted by Crippen LogP contribution is -1.99. The van der Waals surface area contributed by atoms with Gasteiger partial charge in [0, 0.05) is 12.6 Å². The molecule has 0 spiro atoms. The van der Waals surface area contributed by atoms with Crippen LogP contribution in [0.4, 0.5) is 8.78 Å². The van der Waals surface area contributed by atoms with Gasteiger partial charge >= 0.3 is 5.97 Å². The first-order chi connectivity index (χ1) is 8.40. The molecule has 0 aliphatic heterocycles. The Morgan fingerprint density at radius 1 is 1.39 bits per heavy atom. The first-order valence-corrected chi connectivity index (χ1v) is 5.61. The molecule has 1 heterocycles. The van der Waals surface area contributed by atoms with Gasteiger partial charge in [-0.05, 0) is 34.1 Å². The van der Waals surface area contributed by atoms with E-state index in [4.69, 9.17) is 5.11 Å². The molecule has 94 valence electrons. The number of aryl methyl sites for hydroxylation is 1. The van der Waals surface area contributed by atoms with Crippen molar-refractivity contribution in [2.24, 2.45) is 7.05 Å². The van der Waals surface area contributed by atoms with E-state index in [0.29, 0.717) is 11.3 Å². The number of halogens is 3. The molecule has 18 heavy (non-hydrogen) atoms. The summed E-state index contributed by atoms with van der Waals surface area (Å²) < 4.78 is 27.7. The van der Waals surface area contributed by atoms with Gasteiger partial charge in [0.05, 0.1) is 10.2 Å². The van der Waals surface area contributed by atoms with Gasteiger partial charge in [0.15, 0.2) is 17.3 Å². The van der Waals surface area contributed by atoms with Crippen LogP contribution < -0.4 is 0 Å². The molecule has 1 aromatic carbocycles. The average Bonchev–Trinajstić information content (AvgIpc) is 2.68. The highest BCUT2D eigenvalue weighted by Gasteiger charge is 2.15. The van der Waals surface area contributed by atoms with E-state index in [1.54, 1.807) is 0 Å². The third-order valence-electron chi connectivity index (χ3n) is 2.38. The Morgan fingerprint density at radius 3 is 2.56 bits per heavy atom. The molecule has 0 aliphatic rings. The topological polar surface area (TPSA) is 55.1 Å². The van der Waals surface area contributed by atoms with Crippen molar-refractivity contribution in [3.8, 4) is 11.3 Å². The fourth-order valence-corrected chi connectivity index (χ4v) is 1.98. The second-order valence-electron chi connectivity index (χ2n) is 3.60. The molecule has 0 fully saturated rings. The molecule has 1 N–H and O–H groups in total. The Morgan fingerprint density at radius 2 is 2.06 bits per heavy atom. The van der Waals surface area contributed by atoms with Crippen LogP contribution in [0.3, 0.4) is 0 Å². The van der Waals surface area contributed by atoms with E-state index in [0.717, 1.165) is 6.07 Å². The molecule has 2 rings (SSSR count). The van der Waals surface area contributed by atoms with Crippen molar-refractivity contribution < 1.29 is 18.7 Å². The number of rotatable bonds is 2. The summed E-state index contributed by atoms with van der Waals surface area (Å²) >= 11 is 2.89. The minimum Gasteiger partial charge on any atom is -0.476 e. The molecule has 0 bridgehead atoms. The van der Waals surface area contributed by atoms with Crippen LogP contribution in [-0.2, 0) is 7.05 Å². The maximum absolute atomic E-state index is 13.3.